The van der Waals surface area contributed by atoms with Crippen molar-refractivity contribution in [2.24, 2.45) is 11.5 Å². The van der Waals surface area contributed by atoms with E-state index in [1.807, 2.05) is 63.8 Å². The van der Waals surface area contributed by atoms with Crippen LogP contribution < -0.4 is 16.8 Å². The number of benzene rings is 2. The van der Waals surface area contributed by atoms with E-state index in [1.54, 1.807) is 0 Å². The second-order valence-corrected chi connectivity index (χ2v) is 15.7. The maximum absolute atomic E-state index is 12.4. The van der Waals surface area contributed by atoms with Crippen LogP contribution in [0, 0.1) is 13.8 Å². The number of nitrogens with zero attached hydrogens (tertiary/aromatic N) is 3. The van der Waals surface area contributed by atoms with Gasteiger partial charge in [-0.1, -0.05) is 24.3 Å². The van der Waals surface area contributed by atoms with Crippen molar-refractivity contribution in [3.05, 3.63) is 69.8 Å². The molecule has 5 N–H and O–H groups in total. The molecular formula is C39H59ClN6O4. The zero-order valence-electron chi connectivity index (χ0n) is 30.8. The van der Waals surface area contributed by atoms with E-state index in [0.717, 1.165) is 81.8 Å². The summed E-state index contributed by atoms with van der Waals surface area (Å²) in [7, 11) is 0. The van der Waals surface area contributed by atoms with Gasteiger partial charge >= 0.3 is 6.09 Å². The number of nitrogens with two attached hydrogens (primary N) is 2. The van der Waals surface area contributed by atoms with Gasteiger partial charge in [-0.2, -0.15) is 0 Å². The molecule has 2 aromatic rings. The Morgan fingerprint density at radius 1 is 0.720 bits per heavy atom. The summed E-state index contributed by atoms with van der Waals surface area (Å²) in [6, 6.07) is 12.1. The molecule has 2 aromatic carbocycles. The van der Waals surface area contributed by atoms with E-state index < -0.39 is 5.60 Å². The van der Waals surface area contributed by atoms with Crippen molar-refractivity contribution in [1.29, 1.82) is 0 Å². The van der Waals surface area contributed by atoms with E-state index in [0.29, 0.717) is 16.7 Å². The van der Waals surface area contributed by atoms with Crippen molar-refractivity contribution in [2.45, 2.75) is 116 Å². The molecule has 0 unspecified atom stereocenters. The van der Waals surface area contributed by atoms with Crippen molar-refractivity contribution in [1.82, 2.24) is 20.0 Å². The minimum Gasteiger partial charge on any atom is -0.444 e. The summed E-state index contributed by atoms with van der Waals surface area (Å²) < 4.78 is 5.53. The normalized spacial score (nSPS) is 20.2. The second-order valence-electron chi connectivity index (χ2n) is 15.7. The maximum Gasteiger partial charge on any atom is 0.410 e. The lowest BCUT2D eigenvalue weighted by Crippen LogP contribution is -2.53. The number of hydrogen-bond acceptors (Lipinski definition) is 7. The Morgan fingerprint density at radius 2 is 1.16 bits per heavy atom. The Labute approximate surface area is 305 Å². The molecule has 6 rings (SSSR count). The van der Waals surface area contributed by atoms with E-state index in [9.17, 15) is 14.4 Å². The minimum atomic E-state index is -0.463. The molecule has 0 radical (unpaired) electrons. The first-order valence-electron chi connectivity index (χ1n) is 18.2. The molecule has 4 aliphatic heterocycles. The molecule has 0 aliphatic carbocycles. The fraction of sp³-hybridized carbons (Fsp3) is 0.615. The average molecular weight is 711 g/mol. The van der Waals surface area contributed by atoms with Crippen LogP contribution in [-0.4, -0.2) is 88.6 Å². The number of amides is 3. The summed E-state index contributed by atoms with van der Waals surface area (Å²) in [6.45, 7) is 17.2. The van der Waals surface area contributed by atoms with E-state index in [2.05, 4.69) is 27.2 Å². The number of carbonyl (C=O) groups excluding carboxylic acids is 3. The first-order chi connectivity index (χ1) is 23.2. The molecular weight excluding hydrogens is 652 g/mol. The standard InChI is InChI=1S/C22H33N3O3.C17H25N3O.ClH/c1-16-6-7-17(14-18(16)19(23)26)15-25-11-5-8-22(25)9-12-24(13-10-22)20(27)28-21(2,3)4;1-13-3-4-14(11-15(13)16(18)21)12-20-10-2-5-17(20)6-8-19-9-7-17;/h6-7,14H,5,8-13,15H2,1-4H3,(H2,23,26);3-4,11,19H,2,5-10,12H2,1H3,(H2,18,21);1H. The highest BCUT2D eigenvalue weighted by molar-refractivity contribution is 5.95. The van der Waals surface area contributed by atoms with Gasteiger partial charge in [-0.25, -0.2) is 4.79 Å². The highest BCUT2D eigenvalue weighted by Gasteiger charge is 2.44. The fourth-order valence-electron chi connectivity index (χ4n) is 8.45. The number of hydrogen-bond donors (Lipinski definition) is 3. The molecule has 276 valence electrons. The smallest absolute Gasteiger partial charge is 0.410 e. The SMILES string of the molecule is Cc1ccc(CN2CCCC23CCN(C(=O)OC(C)(C)C)CC3)cc1C(N)=O.Cc1ccc(CN2CCCC23CCNCC3)cc1C(N)=O.Cl. The topological polar surface area (TPSA) is 134 Å². The molecule has 50 heavy (non-hydrogen) atoms. The number of carbonyl (C=O) groups is 3. The molecule has 4 fully saturated rings. The zero-order chi connectivity index (χ0) is 35.4. The lowest BCUT2D eigenvalue weighted by Gasteiger charge is -2.45. The lowest BCUT2D eigenvalue weighted by molar-refractivity contribution is 0.00163. The fourth-order valence-corrected chi connectivity index (χ4v) is 8.45. The van der Waals surface area contributed by atoms with E-state index in [-0.39, 0.29) is 35.9 Å². The van der Waals surface area contributed by atoms with E-state index in [1.165, 1.54) is 44.2 Å². The Kier molecular flexibility index (Phi) is 13.0. The summed E-state index contributed by atoms with van der Waals surface area (Å²) in [6.07, 6.45) is 9.10. The monoisotopic (exact) mass is 710 g/mol. The van der Waals surface area contributed by atoms with Gasteiger partial charge < -0.3 is 26.4 Å². The first-order valence-corrected chi connectivity index (χ1v) is 18.2. The largest absolute Gasteiger partial charge is 0.444 e. The van der Waals surface area contributed by atoms with Gasteiger partial charge in [-0.15, -0.1) is 12.4 Å². The third-order valence-corrected chi connectivity index (χ3v) is 11.2. The average Bonchev–Trinajstić information content (AvgIpc) is 3.61. The second kappa shape index (κ2) is 16.4. The number of halogens is 1. The molecule has 4 aliphatic rings. The quantitative estimate of drug-likeness (QED) is 0.351. The van der Waals surface area contributed by atoms with Crippen LogP contribution in [0.25, 0.3) is 0 Å². The third kappa shape index (κ3) is 9.37. The molecule has 2 spiro atoms. The molecule has 0 atom stereocenters. The number of primary amides is 2. The summed E-state index contributed by atoms with van der Waals surface area (Å²) in [5.41, 5.74) is 16.5. The van der Waals surface area contributed by atoms with Crippen LogP contribution in [0.4, 0.5) is 4.79 Å². The third-order valence-electron chi connectivity index (χ3n) is 11.2. The summed E-state index contributed by atoms with van der Waals surface area (Å²) in [4.78, 5) is 42.5. The lowest BCUT2D eigenvalue weighted by atomic mass is 9.84. The van der Waals surface area contributed by atoms with Crippen LogP contribution in [0.1, 0.15) is 115 Å². The zero-order valence-corrected chi connectivity index (χ0v) is 31.6. The van der Waals surface area contributed by atoms with Gasteiger partial charge in [-0.3, -0.25) is 19.4 Å². The highest BCUT2D eigenvalue weighted by Crippen LogP contribution is 2.40. The van der Waals surface area contributed by atoms with Crippen LogP contribution in [-0.2, 0) is 17.8 Å². The van der Waals surface area contributed by atoms with Crippen molar-refractivity contribution in [3.8, 4) is 0 Å². The van der Waals surface area contributed by atoms with Gasteiger partial charge in [0, 0.05) is 48.4 Å². The number of likely N-dealkylation sites (tertiary alicyclic amines) is 3. The Hall–Kier alpha value is -3.18. The van der Waals surface area contributed by atoms with Crippen LogP contribution in [0.15, 0.2) is 36.4 Å². The molecule has 10 nitrogen and oxygen atoms in total. The van der Waals surface area contributed by atoms with Crippen molar-refractivity contribution in [2.75, 3.05) is 39.3 Å². The first kappa shape index (κ1) is 39.6. The molecule has 0 aromatic heterocycles. The Morgan fingerprint density at radius 3 is 1.58 bits per heavy atom. The molecule has 11 heteroatoms. The van der Waals surface area contributed by atoms with E-state index in [4.69, 9.17) is 16.2 Å². The van der Waals surface area contributed by atoms with Crippen LogP contribution in [0.5, 0.6) is 0 Å². The highest BCUT2D eigenvalue weighted by atomic mass is 35.5. The van der Waals surface area contributed by atoms with Crippen LogP contribution in [0.2, 0.25) is 0 Å². The molecule has 4 saturated heterocycles. The van der Waals surface area contributed by atoms with Gasteiger partial charge in [0.05, 0.1) is 0 Å². The Balaban J connectivity index is 0.000000229. The number of rotatable bonds is 6. The molecule has 0 bridgehead atoms. The molecule has 0 saturated carbocycles. The summed E-state index contributed by atoms with van der Waals surface area (Å²) in [5.74, 6) is -0.700. The van der Waals surface area contributed by atoms with Crippen LogP contribution in [0.3, 0.4) is 0 Å². The van der Waals surface area contributed by atoms with Gasteiger partial charge in [-0.05, 0) is 147 Å². The van der Waals surface area contributed by atoms with Crippen LogP contribution >= 0.6 is 12.4 Å². The van der Waals surface area contributed by atoms with E-state index >= 15 is 0 Å². The molecule has 4 heterocycles. The number of ether oxygens (including phenoxy) is 1. The number of aryl methyl sites for hydroxylation is 2. The molecule has 3 amide bonds. The number of nitrogens with one attached hydrogen (secondary N) is 1. The van der Waals surface area contributed by atoms with Gasteiger partial charge in [0.15, 0.2) is 0 Å². The van der Waals surface area contributed by atoms with Crippen molar-refractivity contribution < 1.29 is 19.1 Å². The van der Waals surface area contributed by atoms with Gasteiger partial charge in [0.2, 0.25) is 11.8 Å². The van der Waals surface area contributed by atoms with Crippen molar-refractivity contribution in [3.63, 3.8) is 0 Å². The summed E-state index contributed by atoms with van der Waals surface area (Å²) >= 11 is 0. The predicted octanol–water partition coefficient (Wildman–Crippen LogP) is 5.69. The summed E-state index contributed by atoms with van der Waals surface area (Å²) in [5, 5.41) is 3.46. The predicted molar refractivity (Wildman–Crippen MR) is 201 cm³/mol. The Bertz CT molecular complexity index is 1510. The van der Waals surface area contributed by atoms with Gasteiger partial charge in [0.1, 0.15) is 5.60 Å². The number of piperidine rings is 2. The maximum atomic E-state index is 12.4. The minimum absolute atomic E-state index is 0. The van der Waals surface area contributed by atoms with Gasteiger partial charge in [0.25, 0.3) is 0 Å². The van der Waals surface area contributed by atoms with Crippen molar-refractivity contribution >= 4 is 30.3 Å².